The van der Waals surface area contributed by atoms with Gasteiger partial charge >= 0.3 is 6.09 Å². The molecule has 0 saturated carbocycles. The van der Waals surface area contributed by atoms with Gasteiger partial charge in [0.05, 0.1) is 18.1 Å². The molecule has 0 aliphatic carbocycles. The number of hydrogen-bond acceptors (Lipinski definition) is 6. The number of carbonyl (C=O) groups excluding carboxylic acids is 1. The van der Waals surface area contributed by atoms with Crippen LogP contribution in [0.2, 0.25) is 0 Å². The molecule has 130 valence electrons. The number of nitrogens with zero attached hydrogens (tertiary/aromatic N) is 1. The van der Waals surface area contributed by atoms with Crippen molar-refractivity contribution in [1.29, 1.82) is 0 Å². The summed E-state index contributed by atoms with van der Waals surface area (Å²) in [7, 11) is 1.60. The van der Waals surface area contributed by atoms with Crippen molar-refractivity contribution >= 4 is 22.6 Å². The van der Waals surface area contributed by atoms with Gasteiger partial charge in [-0.05, 0) is 32.4 Å². The molecule has 1 aromatic carbocycles. The number of para-hydroxylation sites is 1. The van der Waals surface area contributed by atoms with Gasteiger partial charge in [0, 0.05) is 12.6 Å². The van der Waals surface area contributed by atoms with Crippen molar-refractivity contribution in [2.24, 2.45) is 0 Å². The van der Waals surface area contributed by atoms with Crippen LogP contribution in [0.3, 0.4) is 0 Å². The maximum absolute atomic E-state index is 11.7. The molecular formula is C17H22N2O4S. The van der Waals surface area contributed by atoms with Crippen molar-refractivity contribution in [2.75, 3.05) is 12.4 Å². The van der Waals surface area contributed by atoms with E-state index in [-0.39, 0.29) is 0 Å². The Balaban J connectivity index is 2.00. The van der Waals surface area contributed by atoms with Gasteiger partial charge in [0.2, 0.25) is 0 Å². The van der Waals surface area contributed by atoms with Crippen LogP contribution in [-0.2, 0) is 11.2 Å². The SMILES string of the molecule is COc1ccccc1C[C@@H](O)c1cnc(NC(=O)OC(C)(C)C)s1. The molecule has 1 atom stereocenters. The molecule has 1 aromatic heterocycles. The van der Waals surface area contributed by atoms with Crippen LogP contribution < -0.4 is 10.1 Å². The van der Waals surface area contributed by atoms with E-state index in [1.165, 1.54) is 11.3 Å². The topological polar surface area (TPSA) is 80.7 Å². The maximum atomic E-state index is 11.7. The molecule has 0 bridgehead atoms. The second-order valence-electron chi connectivity index (χ2n) is 6.23. The smallest absolute Gasteiger partial charge is 0.413 e. The zero-order valence-corrected chi connectivity index (χ0v) is 15.0. The van der Waals surface area contributed by atoms with E-state index in [9.17, 15) is 9.90 Å². The molecule has 1 heterocycles. The highest BCUT2D eigenvalue weighted by Crippen LogP contribution is 2.29. The van der Waals surface area contributed by atoms with Crippen LogP contribution in [0.15, 0.2) is 30.5 Å². The summed E-state index contributed by atoms with van der Waals surface area (Å²) in [5, 5.41) is 13.4. The Hall–Kier alpha value is -2.12. The number of aliphatic hydroxyl groups excluding tert-OH is 1. The summed E-state index contributed by atoms with van der Waals surface area (Å²) in [6, 6.07) is 7.53. The highest BCUT2D eigenvalue weighted by molar-refractivity contribution is 7.15. The summed E-state index contributed by atoms with van der Waals surface area (Å²) >= 11 is 1.21. The molecule has 2 aromatic rings. The Morgan fingerprint density at radius 1 is 1.38 bits per heavy atom. The van der Waals surface area contributed by atoms with Gasteiger partial charge in [-0.15, -0.1) is 0 Å². The van der Waals surface area contributed by atoms with Crippen LogP contribution in [0.4, 0.5) is 9.93 Å². The average Bonchev–Trinajstić information content (AvgIpc) is 2.94. The first kappa shape index (κ1) is 18.2. The number of rotatable bonds is 5. The van der Waals surface area contributed by atoms with Gasteiger partial charge in [-0.25, -0.2) is 9.78 Å². The highest BCUT2D eigenvalue weighted by Gasteiger charge is 2.19. The lowest BCUT2D eigenvalue weighted by Crippen LogP contribution is -2.27. The van der Waals surface area contributed by atoms with Crippen LogP contribution in [0.25, 0.3) is 0 Å². The summed E-state index contributed by atoms with van der Waals surface area (Å²) in [5.74, 6) is 0.730. The Bertz CT molecular complexity index is 694. The van der Waals surface area contributed by atoms with Gasteiger partial charge < -0.3 is 14.6 Å². The van der Waals surface area contributed by atoms with Gasteiger partial charge in [-0.2, -0.15) is 0 Å². The monoisotopic (exact) mass is 350 g/mol. The number of aliphatic hydroxyl groups is 1. The second kappa shape index (κ2) is 7.63. The summed E-state index contributed by atoms with van der Waals surface area (Å²) in [6.07, 6.45) is 0.658. The number of hydrogen-bond donors (Lipinski definition) is 2. The summed E-state index contributed by atoms with van der Waals surface area (Å²) in [4.78, 5) is 16.5. The van der Waals surface area contributed by atoms with E-state index in [4.69, 9.17) is 9.47 Å². The maximum Gasteiger partial charge on any atom is 0.413 e. The van der Waals surface area contributed by atoms with E-state index in [1.807, 2.05) is 24.3 Å². The molecule has 0 aliphatic rings. The molecule has 1 amide bonds. The largest absolute Gasteiger partial charge is 0.496 e. The first-order valence-corrected chi connectivity index (χ1v) is 8.36. The lowest BCUT2D eigenvalue weighted by Gasteiger charge is -2.18. The minimum absolute atomic E-state index is 0.387. The third-order valence-electron chi connectivity index (χ3n) is 3.07. The van der Waals surface area contributed by atoms with Crippen LogP contribution in [0, 0.1) is 0 Å². The van der Waals surface area contributed by atoms with E-state index in [1.54, 1.807) is 34.1 Å². The van der Waals surface area contributed by atoms with E-state index in [0.29, 0.717) is 16.4 Å². The van der Waals surface area contributed by atoms with Crippen molar-refractivity contribution in [2.45, 2.75) is 38.9 Å². The summed E-state index contributed by atoms with van der Waals surface area (Å²) in [6.45, 7) is 5.37. The lowest BCUT2D eigenvalue weighted by atomic mass is 10.1. The lowest BCUT2D eigenvalue weighted by molar-refractivity contribution is 0.0636. The van der Waals surface area contributed by atoms with Crippen molar-refractivity contribution in [1.82, 2.24) is 4.98 Å². The molecule has 0 aliphatic heterocycles. The van der Waals surface area contributed by atoms with Crippen molar-refractivity contribution < 1.29 is 19.4 Å². The number of aromatic nitrogens is 1. The summed E-state index contributed by atoms with van der Waals surface area (Å²) in [5.41, 5.74) is 0.329. The van der Waals surface area contributed by atoms with Crippen LogP contribution in [-0.4, -0.2) is 28.9 Å². The van der Waals surface area contributed by atoms with Gasteiger partial charge in [0.15, 0.2) is 5.13 Å². The molecule has 0 spiro atoms. The standard InChI is InChI=1S/C17H22N2O4S/c1-17(2,3)23-16(21)19-15-18-10-14(24-15)12(20)9-11-7-5-6-8-13(11)22-4/h5-8,10,12,20H,9H2,1-4H3,(H,18,19,21)/t12-/m1/s1. The van der Waals surface area contributed by atoms with Crippen molar-refractivity contribution in [3.63, 3.8) is 0 Å². The van der Waals surface area contributed by atoms with Gasteiger partial charge in [0.1, 0.15) is 11.4 Å². The fraction of sp³-hybridized carbons (Fsp3) is 0.412. The summed E-state index contributed by atoms with van der Waals surface area (Å²) < 4.78 is 10.5. The Labute approximate surface area is 145 Å². The third-order valence-corrected chi connectivity index (χ3v) is 4.08. The average molecular weight is 350 g/mol. The molecule has 24 heavy (non-hydrogen) atoms. The number of methoxy groups -OCH3 is 1. The molecule has 6 nitrogen and oxygen atoms in total. The molecule has 2 N–H and O–H groups in total. The third kappa shape index (κ3) is 5.21. The first-order chi connectivity index (χ1) is 11.3. The highest BCUT2D eigenvalue weighted by atomic mass is 32.1. The Kier molecular flexibility index (Phi) is 5.80. The second-order valence-corrected chi connectivity index (χ2v) is 7.29. The number of carbonyl (C=O) groups is 1. The zero-order valence-electron chi connectivity index (χ0n) is 14.2. The van der Waals surface area contributed by atoms with E-state index in [2.05, 4.69) is 10.3 Å². The number of ether oxygens (including phenoxy) is 2. The van der Waals surface area contributed by atoms with E-state index >= 15 is 0 Å². The molecule has 0 saturated heterocycles. The van der Waals surface area contributed by atoms with E-state index < -0.39 is 17.8 Å². The molecular weight excluding hydrogens is 328 g/mol. The fourth-order valence-electron chi connectivity index (χ4n) is 2.07. The zero-order chi connectivity index (χ0) is 17.7. The van der Waals surface area contributed by atoms with Gasteiger partial charge in [-0.3, -0.25) is 5.32 Å². The molecule has 0 fully saturated rings. The normalized spacial score (nSPS) is 12.5. The predicted octanol–water partition coefficient (Wildman–Crippen LogP) is 3.77. The van der Waals surface area contributed by atoms with Crippen LogP contribution in [0.1, 0.15) is 37.3 Å². The minimum atomic E-state index is -0.729. The van der Waals surface area contributed by atoms with Crippen molar-refractivity contribution in [3.8, 4) is 5.75 Å². The number of nitrogens with one attached hydrogen (secondary N) is 1. The van der Waals surface area contributed by atoms with E-state index in [0.717, 1.165) is 11.3 Å². The number of thiazole rings is 1. The molecule has 2 rings (SSSR count). The number of benzene rings is 1. The van der Waals surface area contributed by atoms with Gasteiger partial charge in [-0.1, -0.05) is 29.5 Å². The Morgan fingerprint density at radius 2 is 2.08 bits per heavy atom. The van der Waals surface area contributed by atoms with Gasteiger partial charge in [0.25, 0.3) is 0 Å². The van der Waals surface area contributed by atoms with Crippen LogP contribution in [0.5, 0.6) is 5.75 Å². The predicted molar refractivity (Wildman–Crippen MR) is 93.6 cm³/mol. The molecule has 7 heteroatoms. The molecule has 0 radical (unpaired) electrons. The minimum Gasteiger partial charge on any atom is -0.496 e. The van der Waals surface area contributed by atoms with Crippen LogP contribution >= 0.6 is 11.3 Å². The first-order valence-electron chi connectivity index (χ1n) is 7.54. The Morgan fingerprint density at radius 3 is 2.75 bits per heavy atom. The quantitative estimate of drug-likeness (QED) is 0.858. The fourth-order valence-corrected chi connectivity index (χ4v) is 2.86. The number of amides is 1. The van der Waals surface area contributed by atoms with Crippen molar-refractivity contribution in [3.05, 3.63) is 40.9 Å². The number of anilines is 1. The molecule has 0 unspecified atom stereocenters.